The van der Waals surface area contributed by atoms with Gasteiger partial charge in [-0.3, -0.25) is 4.90 Å². The number of ether oxygens (including phenoxy) is 1. The topological polar surface area (TPSA) is 62.9 Å². The normalized spacial score (nSPS) is 18.3. The molecule has 4 heterocycles. The first-order valence-electron chi connectivity index (χ1n) is 6.70. The maximum Gasteiger partial charge on any atom is 0.230 e. The second-order valence-electron chi connectivity index (χ2n) is 4.85. The second-order valence-corrected chi connectivity index (χ2v) is 6.64. The van der Waals surface area contributed by atoms with Gasteiger partial charge in [0.05, 0.1) is 24.1 Å². The summed E-state index contributed by atoms with van der Waals surface area (Å²) in [6.45, 7) is 3.16. The molecule has 0 bridgehead atoms. The van der Waals surface area contributed by atoms with E-state index in [0.717, 1.165) is 36.1 Å². The average molecular weight is 322 g/mol. The summed E-state index contributed by atoms with van der Waals surface area (Å²) in [5.41, 5.74) is 1.20. The summed E-state index contributed by atoms with van der Waals surface area (Å²) in [6, 6.07) is 2.15. The van der Waals surface area contributed by atoms with E-state index in [2.05, 4.69) is 31.8 Å². The van der Waals surface area contributed by atoms with Crippen LogP contribution in [0.25, 0.3) is 4.96 Å². The Balaban J connectivity index is 1.81. The fourth-order valence-electron chi connectivity index (χ4n) is 2.67. The van der Waals surface area contributed by atoms with Gasteiger partial charge in [0.15, 0.2) is 0 Å². The predicted molar refractivity (Wildman–Crippen MR) is 81.1 cm³/mol. The van der Waals surface area contributed by atoms with Crippen LogP contribution in [0, 0.1) is 0 Å². The number of thiazole rings is 1. The lowest BCUT2D eigenvalue weighted by atomic mass is 10.1. The first kappa shape index (κ1) is 13.2. The molecule has 1 N–H and O–H groups in total. The third-order valence-corrected chi connectivity index (χ3v) is 5.44. The van der Waals surface area contributed by atoms with Crippen LogP contribution in [0.5, 0.6) is 5.88 Å². The van der Waals surface area contributed by atoms with Crippen molar-refractivity contribution in [1.82, 2.24) is 19.5 Å². The van der Waals surface area contributed by atoms with E-state index < -0.39 is 0 Å². The Morgan fingerprint density at radius 2 is 2.19 bits per heavy atom. The van der Waals surface area contributed by atoms with Crippen molar-refractivity contribution >= 4 is 27.6 Å². The van der Waals surface area contributed by atoms with Crippen LogP contribution >= 0.6 is 22.7 Å². The van der Waals surface area contributed by atoms with Crippen molar-refractivity contribution in [2.75, 3.05) is 26.3 Å². The van der Waals surface area contributed by atoms with E-state index in [1.165, 1.54) is 27.7 Å². The molecule has 0 radical (unpaired) electrons. The number of morpholine rings is 1. The highest BCUT2D eigenvalue weighted by Gasteiger charge is 2.30. The summed E-state index contributed by atoms with van der Waals surface area (Å²) in [4.78, 5) is 8.14. The molecule has 0 amide bonds. The summed E-state index contributed by atoms with van der Waals surface area (Å²) in [6.07, 6.45) is 1.46. The number of nitrogens with zero attached hydrogens (tertiary/aromatic N) is 4. The molecule has 0 aliphatic carbocycles. The molecule has 1 atom stereocenters. The van der Waals surface area contributed by atoms with Crippen LogP contribution in [0.3, 0.4) is 0 Å². The number of fused-ring (bicyclic) bond motifs is 1. The van der Waals surface area contributed by atoms with Crippen molar-refractivity contribution < 1.29 is 9.84 Å². The molecule has 0 saturated carbocycles. The molecule has 8 heteroatoms. The van der Waals surface area contributed by atoms with Gasteiger partial charge in [-0.2, -0.15) is 21.0 Å². The fourth-order valence-corrected chi connectivity index (χ4v) is 4.44. The van der Waals surface area contributed by atoms with Crippen LogP contribution in [0.2, 0.25) is 0 Å². The van der Waals surface area contributed by atoms with E-state index in [1.807, 2.05) is 0 Å². The molecule has 1 aliphatic rings. The van der Waals surface area contributed by atoms with Crippen LogP contribution in [-0.4, -0.2) is 50.9 Å². The molecule has 4 rings (SSSR count). The van der Waals surface area contributed by atoms with E-state index in [4.69, 9.17) is 4.74 Å². The molecule has 21 heavy (non-hydrogen) atoms. The molecule has 1 saturated heterocycles. The van der Waals surface area contributed by atoms with Crippen LogP contribution in [0.1, 0.15) is 16.5 Å². The quantitative estimate of drug-likeness (QED) is 0.799. The smallest absolute Gasteiger partial charge is 0.230 e. The van der Waals surface area contributed by atoms with Gasteiger partial charge >= 0.3 is 0 Å². The molecule has 0 aromatic carbocycles. The molecule has 1 fully saturated rings. The summed E-state index contributed by atoms with van der Waals surface area (Å²) in [5, 5.41) is 18.8. The summed E-state index contributed by atoms with van der Waals surface area (Å²) < 4.78 is 6.95. The molecular formula is C13H14N4O2S2. The average Bonchev–Trinajstić information content (AvgIpc) is 3.22. The summed E-state index contributed by atoms with van der Waals surface area (Å²) in [7, 11) is 0. The second kappa shape index (κ2) is 5.38. The van der Waals surface area contributed by atoms with Gasteiger partial charge in [0.1, 0.15) is 6.33 Å². The Kier molecular flexibility index (Phi) is 3.38. The zero-order chi connectivity index (χ0) is 14.2. The lowest BCUT2D eigenvalue weighted by Gasteiger charge is -2.33. The molecular weight excluding hydrogens is 308 g/mol. The van der Waals surface area contributed by atoms with Gasteiger partial charge in [-0.1, -0.05) is 11.3 Å². The van der Waals surface area contributed by atoms with E-state index in [9.17, 15) is 5.11 Å². The lowest BCUT2D eigenvalue weighted by Crippen LogP contribution is -2.39. The summed E-state index contributed by atoms with van der Waals surface area (Å²) in [5.74, 6) is 0.190. The van der Waals surface area contributed by atoms with Crippen LogP contribution < -0.4 is 0 Å². The van der Waals surface area contributed by atoms with Gasteiger partial charge in [-0.25, -0.2) is 4.98 Å². The van der Waals surface area contributed by atoms with Gasteiger partial charge in [0, 0.05) is 13.1 Å². The number of hydrogen-bond acceptors (Lipinski definition) is 7. The molecule has 110 valence electrons. The molecule has 3 aromatic rings. The first-order valence-corrected chi connectivity index (χ1v) is 8.46. The van der Waals surface area contributed by atoms with Crippen molar-refractivity contribution in [3.8, 4) is 5.88 Å². The Bertz CT molecular complexity index is 731. The van der Waals surface area contributed by atoms with Crippen molar-refractivity contribution in [3.05, 3.63) is 33.6 Å². The zero-order valence-electron chi connectivity index (χ0n) is 11.2. The van der Waals surface area contributed by atoms with E-state index in [-0.39, 0.29) is 11.9 Å². The van der Waals surface area contributed by atoms with E-state index in [0.29, 0.717) is 0 Å². The van der Waals surface area contributed by atoms with Crippen molar-refractivity contribution in [2.45, 2.75) is 6.04 Å². The molecule has 3 aromatic heterocycles. The van der Waals surface area contributed by atoms with Gasteiger partial charge in [0.25, 0.3) is 0 Å². The number of hydrogen-bond donors (Lipinski definition) is 1. The number of aromatic hydroxyl groups is 1. The Labute approximate surface area is 129 Å². The van der Waals surface area contributed by atoms with Gasteiger partial charge < -0.3 is 9.84 Å². The van der Waals surface area contributed by atoms with Crippen molar-refractivity contribution in [1.29, 1.82) is 0 Å². The monoisotopic (exact) mass is 322 g/mol. The maximum atomic E-state index is 10.5. The van der Waals surface area contributed by atoms with Crippen molar-refractivity contribution in [3.63, 3.8) is 0 Å². The molecule has 0 unspecified atom stereocenters. The zero-order valence-corrected chi connectivity index (χ0v) is 12.8. The molecule has 0 spiro atoms. The molecule has 1 aliphatic heterocycles. The maximum absolute atomic E-state index is 10.5. The van der Waals surface area contributed by atoms with Crippen molar-refractivity contribution in [2.24, 2.45) is 0 Å². The number of aromatic nitrogens is 3. The van der Waals surface area contributed by atoms with Crippen LogP contribution in [0.4, 0.5) is 0 Å². The minimum Gasteiger partial charge on any atom is -0.492 e. The highest BCUT2D eigenvalue weighted by Crippen LogP contribution is 2.40. The first-order chi connectivity index (χ1) is 10.3. The van der Waals surface area contributed by atoms with Gasteiger partial charge in [-0.15, -0.1) is 0 Å². The Hall–Kier alpha value is -1.48. The van der Waals surface area contributed by atoms with Crippen LogP contribution in [-0.2, 0) is 4.74 Å². The minimum atomic E-state index is 0.0358. The third-order valence-electron chi connectivity index (χ3n) is 3.66. The van der Waals surface area contributed by atoms with E-state index in [1.54, 1.807) is 11.3 Å². The Morgan fingerprint density at radius 1 is 1.33 bits per heavy atom. The summed E-state index contributed by atoms with van der Waals surface area (Å²) >= 11 is 3.16. The third kappa shape index (κ3) is 2.24. The predicted octanol–water partition coefficient (Wildman–Crippen LogP) is 1.98. The highest BCUT2D eigenvalue weighted by atomic mass is 32.1. The molecule has 6 nitrogen and oxygen atoms in total. The number of rotatable bonds is 3. The number of thiophene rings is 1. The fraction of sp³-hybridized carbons (Fsp3) is 0.385. The highest BCUT2D eigenvalue weighted by molar-refractivity contribution is 7.17. The largest absolute Gasteiger partial charge is 0.492 e. The van der Waals surface area contributed by atoms with Crippen LogP contribution in [0.15, 0.2) is 23.2 Å². The van der Waals surface area contributed by atoms with Gasteiger partial charge in [-0.05, 0) is 22.4 Å². The minimum absolute atomic E-state index is 0.0358. The van der Waals surface area contributed by atoms with E-state index >= 15 is 0 Å². The van der Waals surface area contributed by atoms with Gasteiger partial charge in [0.2, 0.25) is 10.8 Å². The standard InChI is InChI=1S/C13H14N4O2S2/c18-12-11(21-13-14-8-15-17(12)13)10(9-1-6-20-7-9)16-2-4-19-5-3-16/h1,6-8,10,18H,2-5H2/t10-/m0/s1. The lowest BCUT2D eigenvalue weighted by molar-refractivity contribution is 0.0242. The Morgan fingerprint density at radius 3 is 2.90 bits per heavy atom. The SMILES string of the molecule is Oc1c([C@H](c2ccsc2)N2CCOCC2)sc2ncnn12.